The number of carbonyl (C=O) groups is 1. The van der Waals surface area contributed by atoms with Crippen LogP contribution in [0.3, 0.4) is 0 Å². The van der Waals surface area contributed by atoms with E-state index in [2.05, 4.69) is 13.2 Å². The van der Waals surface area contributed by atoms with E-state index in [1.807, 2.05) is 17.0 Å². The van der Waals surface area contributed by atoms with Gasteiger partial charge >= 0.3 is 0 Å². The largest absolute Gasteiger partial charge is 0.497 e. The lowest BCUT2D eigenvalue weighted by atomic mass is 9.84. The Morgan fingerprint density at radius 3 is 2.36 bits per heavy atom. The lowest BCUT2D eigenvalue weighted by Gasteiger charge is -2.39. The van der Waals surface area contributed by atoms with Crippen LogP contribution < -0.4 is 0 Å². The molecule has 3 rings (SSSR count). The number of nitrogens with zero attached hydrogens (tertiary/aromatic N) is 1. The van der Waals surface area contributed by atoms with E-state index in [-0.39, 0.29) is 23.8 Å². The number of piperidine rings is 1. The van der Waals surface area contributed by atoms with Gasteiger partial charge in [-0.3, -0.25) is 4.79 Å². The molecule has 2 aliphatic heterocycles. The first-order valence-corrected chi connectivity index (χ1v) is 8.68. The van der Waals surface area contributed by atoms with Crippen molar-refractivity contribution in [3.8, 4) is 0 Å². The van der Waals surface area contributed by atoms with Crippen LogP contribution in [0.4, 0.5) is 4.39 Å². The van der Waals surface area contributed by atoms with Crippen LogP contribution in [0.1, 0.15) is 37.2 Å². The highest BCUT2D eigenvalue weighted by Gasteiger charge is 2.43. The molecule has 25 heavy (non-hydrogen) atoms. The van der Waals surface area contributed by atoms with E-state index in [1.165, 1.54) is 19.2 Å². The smallest absolute Gasteiger partial charge is 0.254 e. The monoisotopic (exact) mass is 341 g/mol. The number of rotatable bonds is 5. The Kier molecular flexibility index (Phi) is 5.07. The zero-order chi connectivity index (χ0) is 18.0. The second kappa shape index (κ2) is 7.26. The molecule has 2 atom stereocenters. The zero-order valence-electron chi connectivity index (χ0n) is 14.6. The summed E-state index contributed by atoms with van der Waals surface area (Å²) in [6, 6.07) is 7.22. The molecule has 2 bridgehead atoms. The fraction of sp³-hybridized carbons (Fsp3) is 0.381. The number of ether oxygens (including phenoxy) is 1. The third-order valence-corrected chi connectivity index (χ3v) is 5.35. The summed E-state index contributed by atoms with van der Waals surface area (Å²) in [5, 5.41) is 0. The molecule has 132 valence electrons. The average Bonchev–Trinajstić information content (AvgIpc) is 2.89. The first-order chi connectivity index (χ1) is 12.0. The molecule has 1 aromatic carbocycles. The number of halogens is 1. The van der Waals surface area contributed by atoms with E-state index < -0.39 is 0 Å². The van der Waals surface area contributed by atoms with Crippen LogP contribution in [-0.4, -0.2) is 30.0 Å². The van der Waals surface area contributed by atoms with E-state index >= 15 is 0 Å². The molecule has 0 aliphatic carbocycles. The van der Waals surface area contributed by atoms with Crippen molar-refractivity contribution in [3.63, 3.8) is 0 Å². The molecule has 3 nitrogen and oxygen atoms in total. The highest BCUT2D eigenvalue weighted by molar-refractivity contribution is 5.97. The van der Waals surface area contributed by atoms with E-state index in [4.69, 9.17) is 4.74 Å². The SMILES string of the molecule is C=C/C(=C\C(=C)OC)C(=O)N1C2CCC1CC(c1ccc(F)cc1)C2. The quantitative estimate of drug-likeness (QED) is 0.453. The number of hydrogen-bond acceptors (Lipinski definition) is 2. The number of amides is 1. The molecule has 2 aliphatic rings. The number of methoxy groups -OCH3 is 1. The van der Waals surface area contributed by atoms with Gasteiger partial charge in [-0.15, -0.1) is 0 Å². The highest BCUT2D eigenvalue weighted by Crippen LogP contribution is 2.43. The molecule has 0 saturated carbocycles. The summed E-state index contributed by atoms with van der Waals surface area (Å²) in [5.41, 5.74) is 1.68. The summed E-state index contributed by atoms with van der Waals surface area (Å²) >= 11 is 0. The average molecular weight is 341 g/mol. The van der Waals surface area contributed by atoms with Gasteiger partial charge in [0.15, 0.2) is 0 Å². The molecule has 0 radical (unpaired) electrons. The Morgan fingerprint density at radius 1 is 1.24 bits per heavy atom. The van der Waals surface area contributed by atoms with Gasteiger partial charge in [0, 0.05) is 17.7 Å². The Labute approximate surface area is 148 Å². The van der Waals surface area contributed by atoms with Crippen molar-refractivity contribution < 1.29 is 13.9 Å². The molecule has 0 spiro atoms. The van der Waals surface area contributed by atoms with Gasteiger partial charge in [-0.25, -0.2) is 4.39 Å². The minimum Gasteiger partial charge on any atom is -0.497 e. The Morgan fingerprint density at radius 2 is 1.84 bits per heavy atom. The first-order valence-electron chi connectivity index (χ1n) is 8.68. The van der Waals surface area contributed by atoms with Crippen LogP contribution in [0, 0.1) is 5.82 Å². The zero-order valence-corrected chi connectivity index (χ0v) is 14.6. The van der Waals surface area contributed by atoms with Gasteiger partial charge in [0.25, 0.3) is 5.91 Å². The summed E-state index contributed by atoms with van der Waals surface area (Å²) in [5.74, 6) is 0.612. The second-order valence-corrected chi connectivity index (χ2v) is 6.79. The van der Waals surface area contributed by atoms with Gasteiger partial charge in [-0.1, -0.05) is 31.4 Å². The minimum atomic E-state index is -0.210. The van der Waals surface area contributed by atoms with Crippen molar-refractivity contribution in [2.24, 2.45) is 0 Å². The molecule has 0 aromatic heterocycles. The number of benzene rings is 1. The van der Waals surface area contributed by atoms with Crippen LogP contribution in [0.25, 0.3) is 0 Å². The number of hydrogen-bond donors (Lipinski definition) is 0. The Hall–Kier alpha value is -2.36. The van der Waals surface area contributed by atoms with E-state index in [0.29, 0.717) is 17.3 Å². The summed E-state index contributed by atoms with van der Waals surface area (Å²) in [7, 11) is 1.53. The highest BCUT2D eigenvalue weighted by atomic mass is 19.1. The molecule has 4 heteroatoms. The van der Waals surface area contributed by atoms with Crippen LogP contribution in [0.5, 0.6) is 0 Å². The molecule has 2 fully saturated rings. The minimum absolute atomic E-state index is 0.00161. The number of allylic oxidation sites excluding steroid dienone is 1. The lowest BCUT2D eigenvalue weighted by Crippen LogP contribution is -2.46. The van der Waals surface area contributed by atoms with E-state index in [1.54, 1.807) is 12.2 Å². The van der Waals surface area contributed by atoms with Crippen LogP contribution >= 0.6 is 0 Å². The summed E-state index contributed by atoms with van der Waals surface area (Å²) in [4.78, 5) is 15.0. The van der Waals surface area contributed by atoms with Gasteiger partial charge in [-0.05, 0) is 55.4 Å². The molecular formula is C21H24FNO2. The third kappa shape index (κ3) is 3.53. The molecular weight excluding hydrogens is 317 g/mol. The maximum atomic E-state index is 13.2. The number of fused-ring (bicyclic) bond motifs is 2. The standard InChI is InChI=1S/C21H24FNO2/c1-4-15(11-14(2)25-3)21(24)23-19-9-10-20(23)13-17(12-19)16-5-7-18(22)8-6-16/h4-8,11,17,19-20H,1-2,9-10,12-13H2,3H3/b15-11+. The normalized spacial score (nSPS) is 25.6. The fourth-order valence-electron chi connectivity index (χ4n) is 4.11. The van der Waals surface area contributed by atoms with E-state index in [0.717, 1.165) is 31.2 Å². The predicted octanol–water partition coefficient (Wildman–Crippen LogP) is 4.34. The second-order valence-electron chi connectivity index (χ2n) is 6.79. The molecule has 1 amide bonds. The van der Waals surface area contributed by atoms with Gasteiger partial charge in [0.05, 0.1) is 7.11 Å². The third-order valence-electron chi connectivity index (χ3n) is 5.35. The van der Waals surface area contributed by atoms with Gasteiger partial charge in [0.1, 0.15) is 11.6 Å². The van der Waals surface area contributed by atoms with Gasteiger partial charge in [0.2, 0.25) is 0 Å². The Bertz CT molecular complexity index is 693. The van der Waals surface area contributed by atoms with Gasteiger partial charge < -0.3 is 9.64 Å². The van der Waals surface area contributed by atoms with Crippen molar-refractivity contribution in [2.45, 2.75) is 43.7 Å². The van der Waals surface area contributed by atoms with Crippen LogP contribution in [0.2, 0.25) is 0 Å². The molecule has 2 heterocycles. The van der Waals surface area contributed by atoms with Crippen molar-refractivity contribution in [3.05, 3.63) is 72.3 Å². The maximum Gasteiger partial charge on any atom is 0.254 e. The molecule has 2 unspecified atom stereocenters. The van der Waals surface area contributed by atoms with E-state index in [9.17, 15) is 9.18 Å². The summed E-state index contributed by atoms with van der Waals surface area (Å²) in [6.07, 6.45) is 7.08. The van der Waals surface area contributed by atoms with Crippen molar-refractivity contribution in [1.82, 2.24) is 4.90 Å². The van der Waals surface area contributed by atoms with Gasteiger partial charge in [-0.2, -0.15) is 0 Å². The topological polar surface area (TPSA) is 29.5 Å². The van der Waals surface area contributed by atoms with Crippen molar-refractivity contribution in [2.75, 3.05) is 7.11 Å². The molecule has 1 aromatic rings. The van der Waals surface area contributed by atoms with Crippen LogP contribution in [0.15, 0.2) is 60.9 Å². The Balaban J connectivity index is 1.77. The van der Waals surface area contributed by atoms with Crippen molar-refractivity contribution >= 4 is 5.91 Å². The summed E-state index contributed by atoms with van der Waals surface area (Å²) < 4.78 is 18.2. The lowest BCUT2D eigenvalue weighted by molar-refractivity contribution is -0.131. The predicted molar refractivity (Wildman–Crippen MR) is 96.5 cm³/mol. The number of carbonyl (C=O) groups excluding carboxylic acids is 1. The maximum absolute atomic E-state index is 13.2. The van der Waals surface area contributed by atoms with Crippen LogP contribution in [-0.2, 0) is 9.53 Å². The first kappa shape index (κ1) is 17.5. The molecule has 2 saturated heterocycles. The fourth-order valence-corrected chi connectivity index (χ4v) is 4.11. The van der Waals surface area contributed by atoms with Crippen molar-refractivity contribution in [1.29, 1.82) is 0 Å². The molecule has 0 N–H and O–H groups in total. The summed E-state index contributed by atoms with van der Waals surface area (Å²) in [6.45, 7) is 7.51.